The number of hydrogen-bond acceptors (Lipinski definition) is 4. The van der Waals surface area contributed by atoms with Gasteiger partial charge in [0, 0.05) is 38.8 Å². The third-order valence-corrected chi connectivity index (χ3v) is 5.46. The SMILES string of the molecule is CCOC(=O)CNC(=O)N1CCC(N2CCN(Cc3cccc(C)c3)C2=O)CC1. The maximum atomic E-state index is 12.9. The minimum Gasteiger partial charge on any atom is -0.465 e. The van der Waals surface area contributed by atoms with Crippen molar-refractivity contribution in [1.29, 1.82) is 0 Å². The van der Waals surface area contributed by atoms with Gasteiger partial charge in [-0.05, 0) is 32.3 Å². The van der Waals surface area contributed by atoms with Crippen LogP contribution in [0.5, 0.6) is 0 Å². The number of benzene rings is 1. The fourth-order valence-electron chi connectivity index (χ4n) is 3.97. The molecule has 2 saturated heterocycles. The molecule has 29 heavy (non-hydrogen) atoms. The fourth-order valence-corrected chi connectivity index (χ4v) is 3.97. The van der Waals surface area contributed by atoms with E-state index in [4.69, 9.17) is 4.74 Å². The molecule has 2 heterocycles. The summed E-state index contributed by atoms with van der Waals surface area (Å²) in [6, 6.07) is 8.21. The molecule has 1 aromatic carbocycles. The molecular weight excluding hydrogens is 372 g/mol. The van der Waals surface area contributed by atoms with Crippen LogP contribution in [-0.4, -0.2) is 78.1 Å². The van der Waals surface area contributed by atoms with Gasteiger partial charge in [0.25, 0.3) is 0 Å². The smallest absolute Gasteiger partial charge is 0.325 e. The Kier molecular flexibility index (Phi) is 6.95. The zero-order chi connectivity index (χ0) is 20.8. The van der Waals surface area contributed by atoms with Crippen LogP contribution in [0.2, 0.25) is 0 Å². The van der Waals surface area contributed by atoms with Gasteiger partial charge in [-0.25, -0.2) is 9.59 Å². The van der Waals surface area contributed by atoms with Crippen LogP contribution in [0.4, 0.5) is 9.59 Å². The number of amides is 4. The highest BCUT2D eigenvalue weighted by Gasteiger charge is 2.36. The van der Waals surface area contributed by atoms with Gasteiger partial charge in [-0.15, -0.1) is 0 Å². The van der Waals surface area contributed by atoms with Gasteiger partial charge in [-0.1, -0.05) is 29.8 Å². The summed E-state index contributed by atoms with van der Waals surface area (Å²) in [6.45, 7) is 7.19. The summed E-state index contributed by atoms with van der Waals surface area (Å²) in [5.74, 6) is -0.438. The monoisotopic (exact) mass is 402 g/mol. The summed E-state index contributed by atoms with van der Waals surface area (Å²) in [5, 5.41) is 2.59. The van der Waals surface area contributed by atoms with Crippen molar-refractivity contribution in [3.8, 4) is 0 Å². The van der Waals surface area contributed by atoms with Crippen molar-refractivity contribution in [2.45, 2.75) is 39.3 Å². The molecule has 0 spiro atoms. The van der Waals surface area contributed by atoms with E-state index in [0.29, 0.717) is 26.2 Å². The Hall–Kier alpha value is -2.77. The molecule has 0 radical (unpaired) electrons. The number of piperidine rings is 1. The van der Waals surface area contributed by atoms with Crippen molar-refractivity contribution >= 4 is 18.0 Å². The lowest BCUT2D eigenvalue weighted by Crippen LogP contribution is -2.51. The number of carbonyl (C=O) groups excluding carboxylic acids is 3. The van der Waals surface area contributed by atoms with Crippen molar-refractivity contribution in [3.05, 3.63) is 35.4 Å². The molecular formula is C21H30N4O4. The molecule has 4 amide bonds. The minimum absolute atomic E-state index is 0.0803. The molecule has 0 aromatic heterocycles. The lowest BCUT2D eigenvalue weighted by atomic mass is 10.0. The first-order valence-electron chi connectivity index (χ1n) is 10.3. The summed E-state index contributed by atoms with van der Waals surface area (Å²) in [6.07, 6.45) is 1.49. The number of hydrogen-bond donors (Lipinski definition) is 1. The molecule has 1 aromatic rings. The van der Waals surface area contributed by atoms with Crippen LogP contribution in [0.25, 0.3) is 0 Å². The topological polar surface area (TPSA) is 82.2 Å². The number of likely N-dealkylation sites (tertiary alicyclic amines) is 1. The first-order chi connectivity index (χ1) is 14.0. The van der Waals surface area contributed by atoms with E-state index in [1.54, 1.807) is 11.8 Å². The highest BCUT2D eigenvalue weighted by molar-refractivity contribution is 5.81. The maximum absolute atomic E-state index is 12.9. The lowest BCUT2D eigenvalue weighted by molar-refractivity contribution is -0.141. The molecule has 8 nitrogen and oxygen atoms in total. The number of nitrogens with zero attached hydrogens (tertiary/aromatic N) is 3. The summed E-state index contributed by atoms with van der Waals surface area (Å²) < 4.78 is 4.81. The highest BCUT2D eigenvalue weighted by Crippen LogP contribution is 2.23. The Labute approximate surface area is 171 Å². The first kappa shape index (κ1) is 21.0. The standard InChI is InChI=1S/C21H30N4O4/c1-3-29-19(26)14-22-20(27)23-9-7-18(8-10-23)25-12-11-24(21(25)28)15-17-6-4-5-16(2)13-17/h4-6,13,18H,3,7-12,14-15H2,1-2H3,(H,22,27). The molecule has 1 N–H and O–H groups in total. The number of nitrogens with one attached hydrogen (secondary N) is 1. The number of rotatable bonds is 6. The average Bonchev–Trinajstić information content (AvgIpc) is 3.07. The Balaban J connectivity index is 1.45. The van der Waals surface area contributed by atoms with Crippen molar-refractivity contribution in [2.75, 3.05) is 39.3 Å². The van der Waals surface area contributed by atoms with Crippen LogP contribution >= 0.6 is 0 Å². The summed E-state index contributed by atoms with van der Waals surface area (Å²) in [5.41, 5.74) is 2.34. The Morgan fingerprint density at radius 2 is 1.93 bits per heavy atom. The molecule has 0 saturated carbocycles. The van der Waals surface area contributed by atoms with Gasteiger partial charge in [0.15, 0.2) is 0 Å². The Morgan fingerprint density at radius 1 is 1.17 bits per heavy atom. The van der Waals surface area contributed by atoms with E-state index >= 15 is 0 Å². The Bertz CT molecular complexity index is 746. The van der Waals surface area contributed by atoms with E-state index in [1.807, 2.05) is 15.9 Å². The summed E-state index contributed by atoms with van der Waals surface area (Å²) in [4.78, 5) is 42.0. The maximum Gasteiger partial charge on any atom is 0.325 e. The van der Waals surface area contributed by atoms with E-state index in [0.717, 1.165) is 31.5 Å². The molecule has 3 rings (SSSR count). The highest BCUT2D eigenvalue weighted by atomic mass is 16.5. The normalized spacial score (nSPS) is 17.6. The van der Waals surface area contributed by atoms with Gasteiger partial charge in [0.1, 0.15) is 6.54 Å². The second kappa shape index (κ2) is 9.62. The third-order valence-electron chi connectivity index (χ3n) is 5.46. The van der Waals surface area contributed by atoms with E-state index in [1.165, 1.54) is 5.56 Å². The summed E-state index contributed by atoms with van der Waals surface area (Å²) >= 11 is 0. The van der Waals surface area contributed by atoms with Crippen LogP contribution in [0.1, 0.15) is 30.9 Å². The van der Waals surface area contributed by atoms with Crippen LogP contribution in [0.3, 0.4) is 0 Å². The van der Waals surface area contributed by atoms with Crippen molar-refractivity contribution in [3.63, 3.8) is 0 Å². The quantitative estimate of drug-likeness (QED) is 0.738. The van der Waals surface area contributed by atoms with Gasteiger partial charge in [-0.3, -0.25) is 4.79 Å². The fraction of sp³-hybridized carbons (Fsp3) is 0.571. The van der Waals surface area contributed by atoms with Gasteiger partial charge in [0.05, 0.1) is 6.61 Å². The molecule has 2 aliphatic rings. The van der Waals surface area contributed by atoms with Crippen LogP contribution in [0, 0.1) is 6.92 Å². The average molecular weight is 402 g/mol. The number of ether oxygens (including phenoxy) is 1. The number of urea groups is 2. The molecule has 0 unspecified atom stereocenters. The predicted molar refractivity (Wildman–Crippen MR) is 108 cm³/mol. The van der Waals surface area contributed by atoms with Crippen LogP contribution < -0.4 is 5.32 Å². The third kappa shape index (κ3) is 5.40. The van der Waals surface area contributed by atoms with E-state index in [-0.39, 0.29) is 24.6 Å². The van der Waals surface area contributed by atoms with E-state index in [2.05, 4.69) is 30.4 Å². The zero-order valence-electron chi connectivity index (χ0n) is 17.2. The molecule has 2 fully saturated rings. The van der Waals surface area contributed by atoms with Crippen LogP contribution in [0.15, 0.2) is 24.3 Å². The largest absolute Gasteiger partial charge is 0.465 e. The number of carbonyl (C=O) groups is 3. The zero-order valence-corrected chi connectivity index (χ0v) is 17.2. The predicted octanol–water partition coefficient (Wildman–Crippen LogP) is 1.97. The van der Waals surface area contributed by atoms with E-state index < -0.39 is 5.97 Å². The molecule has 0 atom stereocenters. The second-order valence-electron chi connectivity index (χ2n) is 7.57. The number of esters is 1. The van der Waals surface area contributed by atoms with Gasteiger partial charge >= 0.3 is 18.0 Å². The molecule has 0 aliphatic carbocycles. The van der Waals surface area contributed by atoms with Gasteiger partial charge < -0.3 is 24.8 Å². The van der Waals surface area contributed by atoms with Gasteiger partial charge in [0.2, 0.25) is 0 Å². The molecule has 8 heteroatoms. The lowest BCUT2D eigenvalue weighted by Gasteiger charge is -2.36. The van der Waals surface area contributed by atoms with Crippen LogP contribution in [-0.2, 0) is 16.1 Å². The second-order valence-corrected chi connectivity index (χ2v) is 7.57. The molecule has 158 valence electrons. The Morgan fingerprint density at radius 3 is 2.62 bits per heavy atom. The first-order valence-corrected chi connectivity index (χ1v) is 10.3. The minimum atomic E-state index is -0.438. The van der Waals surface area contributed by atoms with Crippen molar-refractivity contribution in [2.24, 2.45) is 0 Å². The van der Waals surface area contributed by atoms with Crippen molar-refractivity contribution < 1.29 is 19.1 Å². The summed E-state index contributed by atoms with van der Waals surface area (Å²) in [7, 11) is 0. The van der Waals surface area contributed by atoms with E-state index in [9.17, 15) is 14.4 Å². The molecule has 2 aliphatic heterocycles. The van der Waals surface area contributed by atoms with Gasteiger partial charge in [-0.2, -0.15) is 0 Å². The molecule has 0 bridgehead atoms. The number of aryl methyl sites for hydroxylation is 1. The van der Waals surface area contributed by atoms with Crippen molar-refractivity contribution in [1.82, 2.24) is 20.0 Å².